The summed E-state index contributed by atoms with van der Waals surface area (Å²) in [5.41, 5.74) is 7.15. The van der Waals surface area contributed by atoms with Crippen molar-refractivity contribution in [1.29, 1.82) is 0 Å². The third kappa shape index (κ3) is 1.32. The Hall–Kier alpha value is -1.91. The Labute approximate surface area is 81.0 Å². The Morgan fingerprint density at radius 3 is 2.71 bits per heavy atom. The minimum Gasteiger partial charge on any atom is -0.384 e. The maximum absolute atomic E-state index is 5.56. The average molecular weight is 190 g/mol. The average Bonchev–Trinajstić information content (AvgIpc) is 2.46. The van der Waals surface area contributed by atoms with E-state index in [-0.39, 0.29) is 0 Å². The van der Waals surface area contributed by atoms with Gasteiger partial charge in [0, 0.05) is 6.20 Å². The van der Waals surface area contributed by atoms with E-state index >= 15 is 0 Å². The molecule has 0 saturated carbocycles. The van der Waals surface area contributed by atoms with Crippen LogP contribution in [-0.4, -0.2) is 15.1 Å². The summed E-state index contributed by atoms with van der Waals surface area (Å²) in [6.45, 7) is 3.67. The molecule has 72 valence electrons. The molecule has 0 aliphatic heterocycles. The van der Waals surface area contributed by atoms with E-state index in [2.05, 4.69) is 15.1 Å². The summed E-state index contributed by atoms with van der Waals surface area (Å²) in [6.07, 6.45) is 1.61. The van der Waals surface area contributed by atoms with Gasteiger partial charge in [0.05, 0.1) is 11.3 Å². The second-order valence-corrected chi connectivity index (χ2v) is 3.00. The van der Waals surface area contributed by atoms with Crippen molar-refractivity contribution in [2.75, 3.05) is 5.73 Å². The molecular formula is C9H10N4O. The van der Waals surface area contributed by atoms with E-state index < -0.39 is 0 Å². The molecule has 0 amide bonds. The van der Waals surface area contributed by atoms with Crippen LogP contribution in [-0.2, 0) is 0 Å². The molecule has 2 heterocycles. The monoisotopic (exact) mass is 190 g/mol. The Morgan fingerprint density at radius 1 is 1.36 bits per heavy atom. The smallest absolute Gasteiger partial charge is 0.166 e. The van der Waals surface area contributed by atoms with Crippen molar-refractivity contribution >= 4 is 5.82 Å². The van der Waals surface area contributed by atoms with Crippen molar-refractivity contribution in [1.82, 2.24) is 15.1 Å². The molecule has 0 bridgehead atoms. The van der Waals surface area contributed by atoms with Gasteiger partial charge >= 0.3 is 0 Å². The van der Waals surface area contributed by atoms with Gasteiger partial charge in [0.25, 0.3) is 0 Å². The zero-order chi connectivity index (χ0) is 10.1. The van der Waals surface area contributed by atoms with Crippen molar-refractivity contribution in [3.05, 3.63) is 23.7 Å². The highest BCUT2D eigenvalue weighted by Crippen LogP contribution is 2.23. The van der Waals surface area contributed by atoms with Gasteiger partial charge in [0.1, 0.15) is 11.6 Å². The largest absolute Gasteiger partial charge is 0.384 e. The number of hydrogen-bond acceptors (Lipinski definition) is 5. The molecule has 0 radical (unpaired) electrons. The predicted octanol–water partition coefficient (Wildman–Crippen LogP) is 1.33. The van der Waals surface area contributed by atoms with Crippen molar-refractivity contribution in [2.24, 2.45) is 0 Å². The highest BCUT2D eigenvalue weighted by molar-refractivity contribution is 5.60. The molecule has 0 unspecified atom stereocenters. The Bertz CT molecular complexity index is 444. The second-order valence-electron chi connectivity index (χ2n) is 3.00. The molecule has 0 aromatic carbocycles. The van der Waals surface area contributed by atoms with E-state index in [1.54, 1.807) is 12.3 Å². The van der Waals surface area contributed by atoms with E-state index in [0.717, 1.165) is 11.3 Å². The molecule has 0 aliphatic rings. The van der Waals surface area contributed by atoms with Gasteiger partial charge in [-0.25, -0.2) is 9.97 Å². The number of nitrogens with zero attached hydrogens (tertiary/aromatic N) is 3. The first-order valence-corrected chi connectivity index (χ1v) is 4.20. The van der Waals surface area contributed by atoms with E-state index in [1.807, 2.05) is 13.8 Å². The van der Waals surface area contributed by atoms with Gasteiger partial charge < -0.3 is 10.3 Å². The summed E-state index contributed by atoms with van der Waals surface area (Å²) >= 11 is 0. The number of hydrogen-bond donors (Lipinski definition) is 1. The first-order valence-electron chi connectivity index (χ1n) is 4.20. The van der Waals surface area contributed by atoms with Gasteiger partial charge in [0.2, 0.25) is 0 Å². The lowest BCUT2D eigenvalue weighted by atomic mass is 10.2. The molecular weight excluding hydrogens is 180 g/mol. The summed E-state index contributed by atoms with van der Waals surface area (Å²) in [7, 11) is 0. The first-order chi connectivity index (χ1) is 6.68. The van der Waals surface area contributed by atoms with Crippen LogP contribution in [0.25, 0.3) is 11.4 Å². The Kier molecular flexibility index (Phi) is 1.92. The van der Waals surface area contributed by atoms with Crippen LogP contribution in [0.1, 0.15) is 11.5 Å². The molecule has 2 N–H and O–H groups in total. The number of rotatable bonds is 1. The zero-order valence-corrected chi connectivity index (χ0v) is 7.98. The zero-order valence-electron chi connectivity index (χ0n) is 7.98. The molecule has 0 fully saturated rings. The van der Waals surface area contributed by atoms with E-state index in [4.69, 9.17) is 10.3 Å². The Balaban J connectivity index is 2.59. The number of nitrogen functional groups attached to an aromatic ring is 1. The maximum Gasteiger partial charge on any atom is 0.166 e. The molecule has 0 spiro atoms. The fourth-order valence-electron chi connectivity index (χ4n) is 1.30. The number of aryl methyl sites for hydroxylation is 2. The summed E-state index contributed by atoms with van der Waals surface area (Å²) in [6, 6.07) is 1.64. The van der Waals surface area contributed by atoms with E-state index in [0.29, 0.717) is 17.4 Å². The minimum atomic E-state index is 0.440. The van der Waals surface area contributed by atoms with Crippen LogP contribution in [0, 0.1) is 13.8 Å². The van der Waals surface area contributed by atoms with Gasteiger partial charge in [-0.3, -0.25) is 0 Å². The first kappa shape index (κ1) is 8.68. The highest BCUT2D eigenvalue weighted by atomic mass is 16.5. The lowest BCUT2D eigenvalue weighted by Gasteiger charge is -1.98. The summed E-state index contributed by atoms with van der Waals surface area (Å²) < 4.78 is 5.02. The number of aromatic nitrogens is 3. The molecule has 2 aromatic rings. The van der Waals surface area contributed by atoms with Crippen molar-refractivity contribution in [2.45, 2.75) is 13.8 Å². The topological polar surface area (TPSA) is 77.8 Å². The number of nitrogens with two attached hydrogens (primary N) is 1. The standard InChI is InChI=1S/C9H10N4O/c1-5-8(6(2)14-13-5)9-11-4-3-7(10)12-9/h3-4H,1-2H3,(H2,10,11,12). The maximum atomic E-state index is 5.56. The van der Waals surface area contributed by atoms with Gasteiger partial charge in [0.15, 0.2) is 5.82 Å². The molecule has 2 aromatic heterocycles. The molecule has 0 atom stereocenters. The molecule has 0 saturated heterocycles. The summed E-state index contributed by atoms with van der Waals surface area (Å²) in [4.78, 5) is 8.22. The highest BCUT2D eigenvalue weighted by Gasteiger charge is 2.13. The van der Waals surface area contributed by atoms with Crippen LogP contribution in [0.5, 0.6) is 0 Å². The lowest BCUT2D eigenvalue weighted by molar-refractivity contribution is 0.393. The van der Waals surface area contributed by atoms with Crippen LogP contribution >= 0.6 is 0 Å². The molecule has 5 nitrogen and oxygen atoms in total. The fraction of sp³-hybridized carbons (Fsp3) is 0.222. The quantitative estimate of drug-likeness (QED) is 0.733. The summed E-state index contributed by atoms with van der Waals surface area (Å²) in [5.74, 6) is 1.70. The van der Waals surface area contributed by atoms with Gasteiger partial charge in [-0.2, -0.15) is 0 Å². The normalized spacial score (nSPS) is 10.4. The van der Waals surface area contributed by atoms with Crippen molar-refractivity contribution in [3.63, 3.8) is 0 Å². The van der Waals surface area contributed by atoms with Crippen LogP contribution in [0.2, 0.25) is 0 Å². The number of anilines is 1. The third-order valence-electron chi connectivity index (χ3n) is 1.93. The second kappa shape index (κ2) is 3.10. The summed E-state index contributed by atoms with van der Waals surface area (Å²) in [5, 5.41) is 3.83. The van der Waals surface area contributed by atoms with Crippen LogP contribution in [0.4, 0.5) is 5.82 Å². The molecule has 14 heavy (non-hydrogen) atoms. The SMILES string of the molecule is Cc1noc(C)c1-c1nccc(N)n1. The van der Waals surface area contributed by atoms with Gasteiger partial charge in [-0.1, -0.05) is 5.16 Å². The predicted molar refractivity (Wildman–Crippen MR) is 51.4 cm³/mol. The molecule has 0 aliphatic carbocycles. The molecule has 2 rings (SSSR count). The van der Waals surface area contributed by atoms with Gasteiger partial charge in [-0.05, 0) is 19.9 Å². The van der Waals surface area contributed by atoms with E-state index in [9.17, 15) is 0 Å². The van der Waals surface area contributed by atoms with Crippen molar-refractivity contribution < 1.29 is 4.52 Å². The third-order valence-corrected chi connectivity index (χ3v) is 1.93. The van der Waals surface area contributed by atoms with Gasteiger partial charge in [-0.15, -0.1) is 0 Å². The van der Waals surface area contributed by atoms with Crippen LogP contribution in [0.15, 0.2) is 16.8 Å². The van der Waals surface area contributed by atoms with Crippen LogP contribution in [0.3, 0.4) is 0 Å². The fourth-order valence-corrected chi connectivity index (χ4v) is 1.30. The van der Waals surface area contributed by atoms with E-state index in [1.165, 1.54) is 0 Å². The van der Waals surface area contributed by atoms with Crippen molar-refractivity contribution in [3.8, 4) is 11.4 Å². The van der Waals surface area contributed by atoms with Crippen LogP contribution < -0.4 is 5.73 Å². The lowest BCUT2D eigenvalue weighted by Crippen LogP contribution is -1.95. The molecule has 5 heteroatoms. The Morgan fingerprint density at radius 2 is 2.14 bits per heavy atom. The minimum absolute atomic E-state index is 0.440.